The minimum atomic E-state index is -0.147. The van der Waals surface area contributed by atoms with Crippen LogP contribution in [0, 0.1) is 0 Å². The summed E-state index contributed by atoms with van der Waals surface area (Å²) in [6, 6.07) is 8.32. The molecule has 2 aromatic rings. The second-order valence-electron chi connectivity index (χ2n) is 4.61. The smallest absolute Gasteiger partial charge is 0.267 e. The molecule has 0 spiro atoms. The summed E-state index contributed by atoms with van der Waals surface area (Å²) < 4.78 is 0.492. The molecule has 3 rings (SSSR count). The Labute approximate surface area is 119 Å². The summed E-state index contributed by atoms with van der Waals surface area (Å²) in [5.74, 6) is 0.693. The van der Waals surface area contributed by atoms with Crippen molar-refractivity contribution in [3.63, 3.8) is 0 Å². The van der Waals surface area contributed by atoms with Gasteiger partial charge in [-0.2, -0.15) is 0 Å². The summed E-state index contributed by atoms with van der Waals surface area (Å²) >= 11 is 3.35. The fraction of sp³-hybridized carbons (Fsp3) is 0.286. The monoisotopic (exact) mass is 319 g/mol. The van der Waals surface area contributed by atoms with Crippen molar-refractivity contribution < 1.29 is 0 Å². The zero-order chi connectivity index (χ0) is 13.2. The predicted octanol–water partition coefficient (Wildman–Crippen LogP) is 3.01. The molecule has 4 nitrogen and oxygen atoms in total. The molecule has 5 heteroatoms. The maximum atomic E-state index is 11.7. The average Bonchev–Trinajstić information content (AvgIpc) is 2.64. The third-order valence-electron chi connectivity index (χ3n) is 3.39. The highest BCUT2D eigenvalue weighted by Crippen LogP contribution is 2.33. The number of hydrogen-bond donors (Lipinski definition) is 1. The lowest BCUT2D eigenvalue weighted by Gasteiger charge is -2.24. The number of aromatic nitrogens is 2. The van der Waals surface area contributed by atoms with E-state index in [2.05, 4.69) is 49.0 Å². The van der Waals surface area contributed by atoms with Crippen LogP contribution in [0.3, 0.4) is 0 Å². The van der Waals surface area contributed by atoms with Crippen LogP contribution in [-0.2, 0) is 6.42 Å². The van der Waals surface area contributed by atoms with E-state index in [1.165, 1.54) is 11.9 Å². The fourth-order valence-corrected chi connectivity index (χ4v) is 2.90. The zero-order valence-corrected chi connectivity index (χ0v) is 12.0. The molecule has 0 saturated carbocycles. The number of aromatic amines is 1. The van der Waals surface area contributed by atoms with E-state index in [0.717, 1.165) is 31.5 Å². The van der Waals surface area contributed by atoms with E-state index < -0.39 is 0 Å². The molecule has 2 heterocycles. The molecular formula is C14H14BrN3O. The number of fused-ring (bicyclic) bond motifs is 1. The van der Waals surface area contributed by atoms with Gasteiger partial charge < -0.3 is 9.88 Å². The van der Waals surface area contributed by atoms with Gasteiger partial charge in [-0.05, 0) is 46.8 Å². The SMILES string of the molecule is O=c1[nH]cnc(N2CCCCc3ccccc32)c1Br. The van der Waals surface area contributed by atoms with E-state index in [0.29, 0.717) is 10.3 Å². The second-order valence-corrected chi connectivity index (χ2v) is 5.40. The third kappa shape index (κ3) is 2.30. The molecule has 1 aromatic carbocycles. The Morgan fingerprint density at radius 1 is 1.26 bits per heavy atom. The molecule has 0 fully saturated rings. The van der Waals surface area contributed by atoms with Crippen LogP contribution in [0.2, 0.25) is 0 Å². The van der Waals surface area contributed by atoms with Gasteiger partial charge in [0.2, 0.25) is 0 Å². The number of para-hydroxylation sites is 1. The number of benzene rings is 1. The molecule has 0 saturated heterocycles. The second kappa shape index (κ2) is 5.17. The van der Waals surface area contributed by atoms with Gasteiger partial charge in [-0.3, -0.25) is 4.79 Å². The van der Waals surface area contributed by atoms with E-state index in [1.807, 2.05) is 6.07 Å². The molecule has 0 atom stereocenters. The molecule has 1 aromatic heterocycles. The third-order valence-corrected chi connectivity index (χ3v) is 4.11. The molecule has 0 radical (unpaired) electrons. The van der Waals surface area contributed by atoms with Gasteiger partial charge >= 0.3 is 0 Å². The summed E-state index contributed by atoms with van der Waals surface area (Å²) in [5.41, 5.74) is 2.32. The molecule has 1 N–H and O–H groups in total. The van der Waals surface area contributed by atoms with E-state index in [4.69, 9.17) is 0 Å². The van der Waals surface area contributed by atoms with E-state index in [9.17, 15) is 4.79 Å². The Morgan fingerprint density at radius 2 is 2.11 bits per heavy atom. The van der Waals surface area contributed by atoms with Crippen molar-refractivity contribution in [1.29, 1.82) is 0 Å². The predicted molar refractivity (Wildman–Crippen MR) is 78.9 cm³/mol. The average molecular weight is 320 g/mol. The topological polar surface area (TPSA) is 49.0 Å². The van der Waals surface area contributed by atoms with Crippen LogP contribution in [0.4, 0.5) is 11.5 Å². The van der Waals surface area contributed by atoms with Crippen LogP contribution in [0.15, 0.2) is 39.9 Å². The van der Waals surface area contributed by atoms with E-state index in [-0.39, 0.29) is 5.56 Å². The Balaban J connectivity index is 2.14. The van der Waals surface area contributed by atoms with Crippen molar-refractivity contribution in [2.75, 3.05) is 11.4 Å². The van der Waals surface area contributed by atoms with Gasteiger partial charge in [-0.25, -0.2) is 4.98 Å². The highest BCUT2D eigenvalue weighted by molar-refractivity contribution is 9.10. The number of H-pyrrole nitrogens is 1. The summed E-state index contributed by atoms with van der Waals surface area (Å²) in [6.07, 6.45) is 4.79. The van der Waals surface area contributed by atoms with Crippen molar-refractivity contribution in [3.05, 3.63) is 51.0 Å². The summed E-state index contributed by atoms with van der Waals surface area (Å²) in [4.78, 5) is 20.7. The van der Waals surface area contributed by atoms with Crippen LogP contribution in [0.1, 0.15) is 18.4 Å². The number of rotatable bonds is 1. The van der Waals surface area contributed by atoms with E-state index in [1.54, 1.807) is 0 Å². The van der Waals surface area contributed by atoms with Gasteiger partial charge in [0.1, 0.15) is 4.47 Å². The quantitative estimate of drug-likeness (QED) is 0.879. The van der Waals surface area contributed by atoms with Gasteiger partial charge in [0.15, 0.2) is 5.82 Å². The van der Waals surface area contributed by atoms with Gasteiger partial charge in [-0.15, -0.1) is 0 Å². The Kier molecular flexibility index (Phi) is 3.38. The molecule has 0 aliphatic carbocycles. The molecule has 0 bridgehead atoms. The molecular weight excluding hydrogens is 306 g/mol. The maximum absolute atomic E-state index is 11.7. The minimum Gasteiger partial charge on any atom is -0.325 e. The summed E-state index contributed by atoms with van der Waals surface area (Å²) in [5, 5.41) is 0. The largest absolute Gasteiger partial charge is 0.325 e. The Morgan fingerprint density at radius 3 is 3.00 bits per heavy atom. The van der Waals surface area contributed by atoms with Crippen LogP contribution < -0.4 is 10.5 Å². The van der Waals surface area contributed by atoms with Gasteiger partial charge in [-0.1, -0.05) is 18.2 Å². The van der Waals surface area contributed by atoms with Crippen LogP contribution in [0.25, 0.3) is 0 Å². The normalized spacial score (nSPS) is 14.9. The Bertz CT molecular complexity index is 653. The van der Waals surface area contributed by atoms with Crippen molar-refractivity contribution in [2.24, 2.45) is 0 Å². The highest BCUT2D eigenvalue weighted by atomic mass is 79.9. The first-order chi connectivity index (χ1) is 9.27. The number of halogens is 1. The fourth-order valence-electron chi connectivity index (χ4n) is 2.47. The van der Waals surface area contributed by atoms with Gasteiger partial charge in [0.05, 0.1) is 6.33 Å². The van der Waals surface area contributed by atoms with Crippen molar-refractivity contribution in [3.8, 4) is 0 Å². The lowest BCUT2D eigenvalue weighted by molar-refractivity contribution is 0.756. The van der Waals surface area contributed by atoms with Crippen molar-refractivity contribution in [1.82, 2.24) is 9.97 Å². The molecule has 0 amide bonds. The molecule has 19 heavy (non-hydrogen) atoms. The van der Waals surface area contributed by atoms with Gasteiger partial charge in [0, 0.05) is 12.2 Å². The van der Waals surface area contributed by atoms with Crippen LogP contribution in [-0.4, -0.2) is 16.5 Å². The minimum absolute atomic E-state index is 0.147. The molecule has 1 aliphatic heterocycles. The number of aryl methyl sites for hydroxylation is 1. The summed E-state index contributed by atoms with van der Waals surface area (Å²) in [7, 11) is 0. The first-order valence-corrected chi connectivity index (χ1v) is 7.15. The van der Waals surface area contributed by atoms with Gasteiger partial charge in [0.25, 0.3) is 5.56 Å². The number of nitrogens with zero attached hydrogens (tertiary/aromatic N) is 2. The lowest BCUT2D eigenvalue weighted by atomic mass is 10.1. The number of hydrogen-bond acceptors (Lipinski definition) is 3. The highest BCUT2D eigenvalue weighted by Gasteiger charge is 2.20. The Hall–Kier alpha value is -1.62. The van der Waals surface area contributed by atoms with Crippen molar-refractivity contribution >= 4 is 27.4 Å². The molecule has 98 valence electrons. The first-order valence-electron chi connectivity index (χ1n) is 6.36. The van der Waals surface area contributed by atoms with E-state index >= 15 is 0 Å². The number of anilines is 2. The lowest BCUT2D eigenvalue weighted by Crippen LogP contribution is -2.22. The first kappa shape index (κ1) is 12.4. The maximum Gasteiger partial charge on any atom is 0.267 e. The number of nitrogens with one attached hydrogen (secondary N) is 1. The van der Waals surface area contributed by atoms with Crippen LogP contribution >= 0.6 is 15.9 Å². The van der Waals surface area contributed by atoms with Crippen LogP contribution in [0.5, 0.6) is 0 Å². The molecule has 0 unspecified atom stereocenters. The van der Waals surface area contributed by atoms with Crippen molar-refractivity contribution in [2.45, 2.75) is 19.3 Å². The standard InChI is InChI=1S/C14H14BrN3O/c15-12-13(16-9-17-14(12)19)18-8-4-3-6-10-5-1-2-7-11(10)18/h1-2,5,7,9H,3-4,6,8H2,(H,16,17,19). The molecule has 1 aliphatic rings. The summed E-state index contributed by atoms with van der Waals surface area (Å²) in [6.45, 7) is 0.881. The zero-order valence-electron chi connectivity index (χ0n) is 10.4.